The number of benzene rings is 1. The number of aromatic nitrogens is 3. The van der Waals surface area contributed by atoms with Crippen molar-refractivity contribution < 1.29 is 19.4 Å². The molecule has 1 aliphatic heterocycles. The van der Waals surface area contributed by atoms with Gasteiger partial charge in [-0.1, -0.05) is 17.3 Å². The van der Waals surface area contributed by atoms with Gasteiger partial charge in [0.2, 0.25) is 5.91 Å². The molecule has 0 fully saturated rings. The first-order valence-electron chi connectivity index (χ1n) is 7.14. The van der Waals surface area contributed by atoms with Crippen LogP contribution in [0.25, 0.3) is 0 Å². The minimum absolute atomic E-state index is 0.0282. The number of carbonyl (C=O) groups excluding carboxylic acids is 1. The molecule has 2 aromatic rings. The Labute approximate surface area is 132 Å². The SMILES string of the molecule is COc1cccc2c1CCN(C(=O)Cn1cc(C(=O)O)nn1)C2. The summed E-state index contributed by atoms with van der Waals surface area (Å²) in [6, 6.07) is 5.80. The Morgan fingerprint density at radius 1 is 1.39 bits per heavy atom. The highest BCUT2D eigenvalue weighted by atomic mass is 16.5. The third kappa shape index (κ3) is 3.01. The van der Waals surface area contributed by atoms with Crippen molar-refractivity contribution in [3.63, 3.8) is 0 Å². The van der Waals surface area contributed by atoms with Crippen LogP contribution in [0.15, 0.2) is 24.4 Å². The van der Waals surface area contributed by atoms with E-state index >= 15 is 0 Å². The molecule has 0 saturated heterocycles. The lowest BCUT2D eigenvalue weighted by Gasteiger charge is -2.29. The standard InChI is InChI=1S/C15H16N4O4/c1-23-13-4-2-3-10-7-18(6-5-11(10)13)14(20)9-19-8-12(15(21)22)16-17-19/h2-4,8H,5-7,9H2,1H3,(H,21,22). The van der Waals surface area contributed by atoms with Gasteiger partial charge in [-0.3, -0.25) is 4.79 Å². The molecule has 1 amide bonds. The number of carboxylic acids is 1. The lowest BCUT2D eigenvalue weighted by molar-refractivity contribution is -0.133. The monoisotopic (exact) mass is 316 g/mol. The fourth-order valence-corrected chi connectivity index (χ4v) is 2.69. The quantitative estimate of drug-likeness (QED) is 0.885. The van der Waals surface area contributed by atoms with Gasteiger partial charge >= 0.3 is 5.97 Å². The Bertz CT molecular complexity index is 756. The van der Waals surface area contributed by atoms with E-state index in [1.54, 1.807) is 12.0 Å². The number of nitrogens with zero attached hydrogens (tertiary/aromatic N) is 4. The molecule has 2 heterocycles. The molecule has 0 saturated carbocycles. The lowest BCUT2D eigenvalue weighted by Crippen LogP contribution is -2.38. The van der Waals surface area contributed by atoms with Crippen LogP contribution in [0.1, 0.15) is 21.6 Å². The van der Waals surface area contributed by atoms with E-state index in [4.69, 9.17) is 9.84 Å². The number of carboxylic acid groups (broad SMARTS) is 1. The Morgan fingerprint density at radius 3 is 2.91 bits per heavy atom. The first-order valence-corrected chi connectivity index (χ1v) is 7.14. The number of hydrogen-bond acceptors (Lipinski definition) is 5. The molecular weight excluding hydrogens is 300 g/mol. The van der Waals surface area contributed by atoms with Gasteiger partial charge < -0.3 is 14.7 Å². The predicted octanol–water partition coefficient (Wildman–Crippen LogP) is 0.570. The third-order valence-electron chi connectivity index (χ3n) is 3.85. The van der Waals surface area contributed by atoms with Crippen molar-refractivity contribution in [2.45, 2.75) is 19.5 Å². The molecular formula is C15H16N4O4. The van der Waals surface area contributed by atoms with Crippen molar-refractivity contribution >= 4 is 11.9 Å². The van der Waals surface area contributed by atoms with Crippen molar-refractivity contribution in [1.82, 2.24) is 19.9 Å². The summed E-state index contributed by atoms with van der Waals surface area (Å²) in [5.74, 6) is -0.444. The number of carbonyl (C=O) groups is 2. The van der Waals surface area contributed by atoms with Crippen molar-refractivity contribution in [2.75, 3.05) is 13.7 Å². The van der Waals surface area contributed by atoms with Crippen molar-refractivity contribution in [2.24, 2.45) is 0 Å². The molecule has 0 unspecified atom stereocenters. The van der Waals surface area contributed by atoms with Gasteiger partial charge in [-0.15, -0.1) is 5.10 Å². The van der Waals surface area contributed by atoms with Crippen LogP contribution < -0.4 is 4.74 Å². The molecule has 0 radical (unpaired) electrons. The van der Waals surface area contributed by atoms with E-state index in [0.717, 1.165) is 23.3 Å². The summed E-state index contributed by atoms with van der Waals surface area (Å²) < 4.78 is 6.59. The number of aromatic carboxylic acids is 1. The van der Waals surface area contributed by atoms with Gasteiger partial charge in [0.15, 0.2) is 5.69 Å². The number of amides is 1. The van der Waals surface area contributed by atoms with Crippen molar-refractivity contribution in [3.05, 3.63) is 41.2 Å². The zero-order chi connectivity index (χ0) is 16.4. The number of methoxy groups -OCH3 is 1. The van der Waals surface area contributed by atoms with Gasteiger partial charge in [0.05, 0.1) is 13.3 Å². The van der Waals surface area contributed by atoms with Crippen LogP contribution in [0.3, 0.4) is 0 Å². The van der Waals surface area contributed by atoms with Crippen LogP contribution in [0.4, 0.5) is 0 Å². The molecule has 1 aromatic heterocycles. The van der Waals surface area contributed by atoms with Gasteiger partial charge in [-0.05, 0) is 18.1 Å². The summed E-state index contributed by atoms with van der Waals surface area (Å²) in [7, 11) is 1.64. The van der Waals surface area contributed by atoms with Gasteiger partial charge in [0.25, 0.3) is 0 Å². The molecule has 0 atom stereocenters. The summed E-state index contributed by atoms with van der Waals surface area (Å²) in [6.45, 7) is 1.07. The number of rotatable bonds is 4. The highest BCUT2D eigenvalue weighted by Crippen LogP contribution is 2.27. The number of fused-ring (bicyclic) bond motifs is 1. The molecule has 8 heteroatoms. The molecule has 3 rings (SSSR count). The summed E-state index contributed by atoms with van der Waals surface area (Å²) in [4.78, 5) is 24.9. The van der Waals surface area contributed by atoms with E-state index < -0.39 is 5.97 Å². The fraction of sp³-hybridized carbons (Fsp3) is 0.333. The van der Waals surface area contributed by atoms with E-state index in [1.165, 1.54) is 10.9 Å². The largest absolute Gasteiger partial charge is 0.496 e. The Morgan fingerprint density at radius 2 is 2.22 bits per heavy atom. The maximum Gasteiger partial charge on any atom is 0.358 e. The third-order valence-corrected chi connectivity index (χ3v) is 3.85. The van der Waals surface area contributed by atoms with Gasteiger partial charge in [-0.25, -0.2) is 9.48 Å². The maximum atomic E-state index is 12.4. The highest BCUT2D eigenvalue weighted by molar-refractivity contribution is 5.84. The molecule has 23 heavy (non-hydrogen) atoms. The second-order valence-corrected chi connectivity index (χ2v) is 5.27. The Balaban J connectivity index is 1.70. The summed E-state index contributed by atoms with van der Waals surface area (Å²) in [6.07, 6.45) is 1.98. The van der Waals surface area contributed by atoms with Gasteiger partial charge in [-0.2, -0.15) is 0 Å². The van der Waals surface area contributed by atoms with Crippen LogP contribution >= 0.6 is 0 Å². The van der Waals surface area contributed by atoms with Crippen LogP contribution in [0.5, 0.6) is 5.75 Å². The van der Waals surface area contributed by atoms with Gasteiger partial charge in [0.1, 0.15) is 12.3 Å². The van der Waals surface area contributed by atoms with Crippen LogP contribution in [-0.2, 0) is 24.3 Å². The molecule has 0 bridgehead atoms. The zero-order valence-corrected chi connectivity index (χ0v) is 12.6. The average molecular weight is 316 g/mol. The minimum Gasteiger partial charge on any atom is -0.496 e. The molecule has 0 spiro atoms. The first-order chi connectivity index (χ1) is 11.1. The first kappa shape index (κ1) is 15.0. The van der Waals surface area contributed by atoms with E-state index in [9.17, 15) is 9.59 Å². The Kier molecular flexibility index (Phi) is 3.96. The van der Waals surface area contributed by atoms with E-state index in [2.05, 4.69) is 10.3 Å². The maximum absolute atomic E-state index is 12.4. The summed E-state index contributed by atoms with van der Waals surface area (Å²) in [5.41, 5.74) is 2.02. The molecule has 120 valence electrons. The van der Waals surface area contributed by atoms with E-state index in [-0.39, 0.29) is 18.1 Å². The second kappa shape index (κ2) is 6.07. The molecule has 1 aliphatic rings. The molecule has 1 aromatic carbocycles. The van der Waals surface area contributed by atoms with Crippen molar-refractivity contribution in [1.29, 1.82) is 0 Å². The predicted molar refractivity (Wildman–Crippen MR) is 79.1 cm³/mol. The van der Waals surface area contributed by atoms with E-state index in [0.29, 0.717) is 13.1 Å². The molecule has 1 N–H and O–H groups in total. The van der Waals surface area contributed by atoms with Crippen LogP contribution in [-0.4, -0.2) is 50.5 Å². The molecule has 0 aliphatic carbocycles. The van der Waals surface area contributed by atoms with Crippen LogP contribution in [0.2, 0.25) is 0 Å². The second-order valence-electron chi connectivity index (χ2n) is 5.27. The van der Waals surface area contributed by atoms with E-state index in [1.807, 2.05) is 18.2 Å². The lowest BCUT2D eigenvalue weighted by atomic mass is 9.98. The normalized spacial score (nSPS) is 13.5. The zero-order valence-electron chi connectivity index (χ0n) is 12.6. The topological polar surface area (TPSA) is 97.5 Å². The number of hydrogen-bond donors (Lipinski definition) is 1. The fourth-order valence-electron chi connectivity index (χ4n) is 2.69. The van der Waals surface area contributed by atoms with Crippen molar-refractivity contribution in [3.8, 4) is 5.75 Å². The number of ether oxygens (including phenoxy) is 1. The highest BCUT2D eigenvalue weighted by Gasteiger charge is 2.23. The Hall–Kier alpha value is -2.90. The smallest absolute Gasteiger partial charge is 0.358 e. The molecule has 8 nitrogen and oxygen atoms in total. The van der Waals surface area contributed by atoms with Gasteiger partial charge in [0, 0.05) is 18.7 Å². The van der Waals surface area contributed by atoms with Crippen LogP contribution in [0, 0.1) is 0 Å². The minimum atomic E-state index is -1.16. The average Bonchev–Trinajstić information content (AvgIpc) is 3.02. The summed E-state index contributed by atoms with van der Waals surface area (Å²) >= 11 is 0. The summed E-state index contributed by atoms with van der Waals surface area (Å²) in [5, 5.41) is 16.0.